The molecule has 0 heterocycles. The summed E-state index contributed by atoms with van der Waals surface area (Å²) >= 11 is 5.07. The van der Waals surface area contributed by atoms with E-state index in [9.17, 15) is 4.79 Å². The molecule has 1 aromatic carbocycles. The first-order valence-corrected chi connectivity index (χ1v) is 7.61. The number of carbonyl (C=O) groups is 1. The van der Waals surface area contributed by atoms with Gasteiger partial charge >= 0.3 is 0 Å². The summed E-state index contributed by atoms with van der Waals surface area (Å²) in [5.41, 5.74) is 1.24. The maximum Gasteiger partial charge on any atom is 0.232 e. The minimum absolute atomic E-state index is 0.00481. The van der Waals surface area contributed by atoms with E-state index in [1.807, 2.05) is 19.1 Å². The molecule has 1 aromatic rings. The van der Waals surface area contributed by atoms with Crippen LogP contribution >= 0.6 is 27.7 Å². The van der Waals surface area contributed by atoms with Crippen LogP contribution in [0.15, 0.2) is 28.7 Å². The molecule has 0 bridgehead atoms. The van der Waals surface area contributed by atoms with E-state index in [-0.39, 0.29) is 11.2 Å². The molecule has 0 fully saturated rings. The summed E-state index contributed by atoms with van der Waals surface area (Å²) in [7, 11) is 0. The van der Waals surface area contributed by atoms with Crippen molar-refractivity contribution in [3.63, 3.8) is 0 Å². The van der Waals surface area contributed by atoms with E-state index in [1.165, 1.54) is 5.56 Å². The summed E-state index contributed by atoms with van der Waals surface area (Å²) in [5, 5.41) is 2.92. The Kier molecular flexibility index (Phi) is 6.66. The SMILES string of the molecule is CCCNC(=O)[C@@H](C)SCc1ccc(Br)cc1. The molecule has 94 valence electrons. The number of benzene rings is 1. The van der Waals surface area contributed by atoms with Crippen molar-refractivity contribution in [2.45, 2.75) is 31.3 Å². The number of hydrogen-bond acceptors (Lipinski definition) is 2. The molecule has 17 heavy (non-hydrogen) atoms. The van der Waals surface area contributed by atoms with Crippen molar-refractivity contribution in [3.8, 4) is 0 Å². The van der Waals surface area contributed by atoms with E-state index in [2.05, 4.69) is 40.3 Å². The normalized spacial score (nSPS) is 12.2. The highest BCUT2D eigenvalue weighted by Crippen LogP contribution is 2.19. The molecule has 1 amide bonds. The average Bonchev–Trinajstić information content (AvgIpc) is 2.34. The smallest absolute Gasteiger partial charge is 0.232 e. The summed E-state index contributed by atoms with van der Waals surface area (Å²) in [4.78, 5) is 11.6. The second kappa shape index (κ2) is 7.77. The van der Waals surface area contributed by atoms with Crippen LogP contribution in [0.5, 0.6) is 0 Å². The first-order valence-electron chi connectivity index (χ1n) is 5.77. The number of halogens is 1. The van der Waals surface area contributed by atoms with Gasteiger partial charge < -0.3 is 5.32 Å². The number of amides is 1. The highest BCUT2D eigenvalue weighted by molar-refractivity contribution is 9.10. The van der Waals surface area contributed by atoms with Crippen LogP contribution in [0.4, 0.5) is 0 Å². The molecule has 1 rings (SSSR count). The van der Waals surface area contributed by atoms with E-state index in [0.29, 0.717) is 0 Å². The molecule has 2 nitrogen and oxygen atoms in total. The second-order valence-electron chi connectivity index (χ2n) is 3.87. The molecular weight excluding hydrogens is 298 g/mol. The van der Waals surface area contributed by atoms with Gasteiger partial charge in [-0.05, 0) is 31.0 Å². The molecule has 0 spiro atoms. The van der Waals surface area contributed by atoms with Gasteiger partial charge in [-0.15, -0.1) is 11.8 Å². The van der Waals surface area contributed by atoms with Crippen molar-refractivity contribution in [1.82, 2.24) is 5.32 Å². The molecule has 1 N–H and O–H groups in total. The van der Waals surface area contributed by atoms with Crippen LogP contribution in [0, 0.1) is 0 Å². The number of thioether (sulfide) groups is 1. The molecule has 0 saturated heterocycles. The van der Waals surface area contributed by atoms with Crippen LogP contribution in [0.3, 0.4) is 0 Å². The van der Waals surface area contributed by atoms with Crippen molar-refractivity contribution in [2.24, 2.45) is 0 Å². The maximum absolute atomic E-state index is 11.6. The predicted octanol–water partition coefficient (Wildman–Crippen LogP) is 3.60. The third-order valence-corrected chi connectivity index (χ3v) is 4.07. The zero-order valence-corrected chi connectivity index (χ0v) is 12.6. The van der Waals surface area contributed by atoms with Crippen LogP contribution in [0.2, 0.25) is 0 Å². The van der Waals surface area contributed by atoms with Gasteiger partial charge in [-0.2, -0.15) is 0 Å². The van der Waals surface area contributed by atoms with Crippen LogP contribution in [-0.4, -0.2) is 17.7 Å². The van der Waals surface area contributed by atoms with Gasteiger partial charge in [0, 0.05) is 16.8 Å². The van der Waals surface area contributed by atoms with Crippen molar-refractivity contribution >= 4 is 33.6 Å². The summed E-state index contributed by atoms with van der Waals surface area (Å²) in [5.74, 6) is 1.00. The minimum atomic E-state index is 0.00481. The third kappa shape index (κ3) is 5.59. The first-order chi connectivity index (χ1) is 8.13. The quantitative estimate of drug-likeness (QED) is 0.869. The Labute approximate surface area is 116 Å². The molecule has 0 aliphatic rings. The Morgan fingerprint density at radius 3 is 2.65 bits per heavy atom. The number of nitrogens with one attached hydrogen (secondary N) is 1. The first kappa shape index (κ1) is 14.6. The van der Waals surface area contributed by atoms with E-state index in [1.54, 1.807) is 11.8 Å². The maximum atomic E-state index is 11.6. The number of rotatable bonds is 6. The van der Waals surface area contributed by atoms with Crippen molar-refractivity contribution < 1.29 is 4.79 Å². The minimum Gasteiger partial charge on any atom is -0.355 e. The van der Waals surface area contributed by atoms with Gasteiger partial charge in [0.05, 0.1) is 5.25 Å². The van der Waals surface area contributed by atoms with Gasteiger partial charge in [-0.25, -0.2) is 0 Å². The molecule has 1 atom stereocenters. The summed E-state index contributed by atoms with van der Waals surface area (Å²) in [6.45, 7) is 4.77. The van der Waals surface area contributed by atoms with E-state index >= 15 is 0 Å². The topological polar surface area (TPSA) is 29.1 Å². The van der Waals surface area contributed by atoms with Crippen LogP contribution in [-0.2, 0) is 10.5 Å². The van der Waals surface area contributed by atoms with Gasteiger partial charge in [0.2, 0.25) is 5.91 Å². The standard InChI is InChI=1S/C13H18BrNOS/c1-3-8-15-13(16)10(2)17-9-11-4-6-12(14)7-5-11/h4-7,10H,3,8-9H2,1-2H3,(H,15,16)/t10-/m1/s1. The fraction of sp³-hybridized carbons (Fsp3) is 0.462. The summed E-state index contributed by atoms with van der Waals surface area (Å²) < 4.78 is 1.08. The Morgan fingerprint density at radius 2 is 2.06 bits per heavy atom. The zero-order chi connectivity index (χ0) is 12.7. The second-order valence-corrected chi connectivity index (χ2v) is 6.12. The zero-order valence-electron chi connectivity index (χ0n) is 10.2. The van der Waals surface area contributed by atoms with Crippen LogP contribution in [0.1, 0.15) is 25.8 Å². The Balaban J connectivity index is 2.34. The summed E-state index contributed by atoms with van der Waals surface area (Å²) in [6.07, 6.45) is 0.982. The van der Waals surface area contributed by atoms with Crippen molar-refractivity contribution in [1.29, 1.82) is 0 Å². The van der Waals surface area contributed by atoms with Crippen molar-refractivity contribution in [2.75, 3.05) is 6.54 Å². The van der Waals surface area contributed by atoms with Crippen molar-refractivity contribution in [3.05, 3.63) is 34.3 Å². The lowest BCUT2D eigenvalue weighted by Crippen LogP contribution is -2.31. The van der Waals surface area contributed by atoms with Gasteiger partial charge in [0.25, 0.3) is 0 Å². The number of carbonyl (C=O) groups excluding carboxylic acids is 1. The molecule has 0 unspecified atom stereocenters. The predicted molar refractivity (Wildman–Crippen MR) is 78.2 cm³/mol. The largest absolute Gasteiger partial charge is 0.355 e. The van der Waals surface area contributed by atoms with E-state index in [4.69, 9.17) is 0 Å². The van der Waals surface area contributed by atoms with Gasteiger partial charge in [-0.1, -0.05) is 35.0 Å². The molecule has 0 aliphatic carbocycles. The van der Waals surface area contributed by atoms with Crippen LogP contribution in [0.25, 0.3) is 0 Å². The monoisotopic (exact) mass is 315 g/mol. The Morgan fingerprint density at radius 1 is 1.41 bits per heavy atom. The average molecular weight is 316 g/mol. The van der Waals surface area contributed by atoms with E-state index < -0.39 is 0 Å². The molecule has 0 saturated carbocycles. The highest BCUT2D eigenvalue weighted by atomic mass is 79.9. The van der Waals surface area contributed by atoms with Gasteiger partial charge in [0.1, 0.15) is 0 Å². The molecular formula is C13H18BrNOS. The van der Waals surface area contributed by atoms with Crippen LogP contribution < -0.4 is 5.32 Å². The summed E-state index contributed by atoms with van der Waals surface area (Å²) in [6, 6.07) is 8.21. The lowest BCUT2D eigenvalue weighted by molar-refractivity contribution is -0.120. The van der Waals surface area contributed by atoms with E-state index in [0.717, 1.165) is 23.2 Å². The molecule has 4 heteroatoms. The fourth-order valence-electron chi connectivity index (χ4n) is 1.27. The van der Waals surface area contributed by atoms with Gasteiger partial charge in [0.15, 0.2) is 0 Å². The Hall–Kier alpha value is -0.480. The molecule has 0 aromatic heterocycles. The molecule has 0 aliphatic heterocycles. The fourth-order valence-corrected chi connectivity index (χ4v) is 2.40. The Bertz CT molecular complexity index is 353. The molecule has 0 radical (unpaired) electrons. The number of hydrogen-bond donors (Lipinski definition) is 1. The highest BCUT2D eigenvalue weighted by Gasteiger charge is 2.12. The lowest BCUT2D eigenvalue weighted by Gasteiger charge is -2.11. The van der Waals surface area contributed by atoms with Gasteiger partial charge in [-0.3, -0.25) is 4.79 Å². The third-order valence-electron chi connectivity index (χ3n) is 2.33. The lowest BCUT2D eigenvalue weighted by atomic mass is 10.2.